The van der Waals surface area contributed by atoms with Gasteiger partial charge < -0.3 is 10.1 Å². The molecule has 0 spiro atoms. The second-order valence-corrected chi connectivity index (χ2v) is 6.20. The highest BCUT2D eigenvalue weighted by Gasteiger charge is 2.19. The van der Waals surface area contributed by atoms with Gasteiger partial charge in [-0.05, 0) is 18.8 Å². The lowest BCUT2D eigenvalue weighted by molar-refractivity contribution is 0.136. The fourth-order valence-corrected chi connectivity index (χ4v) is 3.02. The van der Waals surface area contributed by atoms with Crippen LogP contribution in [0.25, 0.3) is 0 Å². The molecule has 0 aromatic carbocycles. The maximum atomic E-state index is 5.50. The Labute approximate surface area is 110 Å². The van der Waals surface area contributed by atoms with Gasteiger partial charge in [-0.25, -0.2) is 0 Å². The number of rotatable bonds is 8. The molecule has 1 aliphatic heterocycles. The lowest BCUT2D eigenvalue weighted by Gasteiger charge is -2.11. The average Bonchev–Trinajstić information content (AvgIpc) is 2.70. The maximum absolute atomic E-state index is 5.50. The smallest absolute Gasteiger partial charge is 0.157 e. The first-order valence-corrected chi connectivity index (χ1v) is 7.63. The standard InChI is InChI=1S/C13H26N2OS/c1-4-5-7-16-8-6-14-13-15-10-12(17-13)9-11(2)3/h11-12H,4-10H2,1-3H3,(H,14,15). The summed E-state index contributed by atoms with van der Waals surface area (Å²) in [5.41, 5.74) is 0. The summed E-state index contributed by atoms with van der Waals surface area (Å²) < 4.78 is 5.50. The van der Waals surface area contributed by atoms with Crippen molar-refractivity contribution in [2.75, 3.05) is 26.3 Å². The van der Waals surface area contributed by atoms with Crippen molar-refractivity contribution >= 4 is 16.9 Å². The monoisotopic (exact) mass is 258 g/mol. The largest absolute Gasteiger partial charge is 0.380 e. The molecule has 0 aromatic rings. The summed E-state index contributed by atoms with van der Waals surface area (Å²) in [5.74, 6) is 0.763. The molecule has 0 amide bonds. The van der Waals surface area contributed by atoms with Crippen LogP contribution in [-0.4, -0.2) is 36.7 Å². The van der Waals surface area contributed by atoms with Crippen molar-refractivity contribution in [2.24, 2.45) is 10.9 Å². The zero-order valence-corrected chi connectivity index (χ0v) is 12.2. The number of unbranched alkanes of at least 4 members (excludes halogenated alkanes) is 1. The third-order valence-electron chi connectivity index (χ3n) is 2.62. The van der Waals surface area contributed by atoms with Gasteiger partial charge in [-0.15, -0.1) is 0 Å². The second-order valence-electron chi connectivity index (χ2n) is 4.91. The summed E-state index contributed by atoms with van der Waals surface area (Å²) in [6.07, 6.45) is 3.62. The maximum Gasteiger partial charge on any atom is 0.157 e. The fourth-order valence-electron chi connectivity index (χ4n) is 1.74. The number of thioether (sulfide) groups is 1. The van der Waals surface area contributed by atoms with E-state index in [1.807, 2.05) is 11.8 Å². The second kappa shape index (κ2) is 8.81. The number of nitrogens with zero attached hydrogens (tertiary/aromatic N) is 1. The molecule has 0 fully saturated rings. The van der Waals surface area contributed by atoms with Gasteiger partial charge in [0, 0.05) is 18.4 Å². The van der Waals surface area contributed by atoms with Gasteiger partial charge in [-0.3, -0.25) is 4.99 Å². The molecule has 0 saturated heterocycles. The van der Waals surface area contributed by atoms with Crippen LogP contribution in [0.5, 0.6) is 0 Å². The van der Waals surface area contributed by atoms with Crippen molar-refractivity contribution in [3.05, 3.63) is 0 Å². The number of aliphatic imine (C=N–C) groups is 1. The lowest BCUT2D eigenvalue weighted by Crippen LogP contribution is -2.24. The molecule has 0 saturated carbocycles. The van der Waals surface area contributed by atoms with Crippen molar-refractivity contribution in [1.82, 2.24) is 5.32 Å². The molecule has 1 aliphatic rings. The van der Waals surface area contributed by atoms with E-state index >= 15 is 0 Å². The predicted octanol–water partition coefficient (Wildman–Crippen LogP) is 2.91. The van der Waals surface area contributed by atoms with Crippen LogP contribution in [0.3, 0.4) is 0 Å². The van der Waals surface area contributed by atoms with Gasteiger partial charge >= 0.3 is 0 Å². The summed E-state index contributed by atoms with van der Waals surface area (Å²) in [7, 11) is 0. The van der Waals surface area contributed by atoms with Gasteiger partial charge in [-0.1, -0.05) is 39.0 Å². The summed E-state index contributed by atoms with van der Waals surface area (Å²) in [6.45, 7) is 10.2. The molecular weight excluding hydrogens is 232 g/mol. The number of amidine groups is 1. The van der Waals surface area contributed by atoms with Gasteiger partial charge in [-0.2, -0.15) is 0 Å². The highest BCUT2D eigenvalue weighted by Crippen LogP contribution is 2.25. The molecule has 100 valence electrons. The van der Waals surface area contributed by atoms with Crippen LogP contribution >= 0.6 is 11.8 Å². The van der Waals surface area contributed by atoms with Crippen LogP contribution in [0, 0.1) is 5.92 Å². The van der Waals surface area contributed by atoms with Gasteiger partial charge in [0.15, 0.2) is 5.17 Å². The Morgan fingerprint density at radius 2 is 2.29 bits per heavy atom. The molecule has 0 aromatic heterocycles. The van der Waals surface area contributed by atoms with Crippen LogP contribution < -0.4 is 5.32 Å². The molecule has 1 atom stereocenters. The SMILES string of the molecule is CCCCOCCNC1=NCC(CC(C)C)S1. The minimum Gasteiger partial charge on any atom is -0.380 e. The van der Waals surface area contributed by atoms with Gasteiger partial charge in [0.25, 0.3) is 0 Å². The predicted molar refractivity (Wildman–Crippen MR) is 76.9 cm³/mol. The zero-order valence-electron chi connectivity index (χ0n) is 11.4. The molecule has 0 radical (unpaired) electrons. The highest BCUT2D eigenvalue weighted by molar-refractivity contribution is 8.14. The van der Waals surface area contributed by atoms with E-state index in [9.17, 15) is 0 Å². The first-order chi connectivity index (χ1) is 8.22. The Bertz CT molecular complexity index is 231. The minimum absolute atomic E-state index is 0.679. The van der Waals surface area contributed by atoms with Crippen molar-refractivity contribution in [3.63, 3.8) is 0 Å². The Morgan fingerprint density at radius 1 is 1.47 bits per heavy atom. The number of hydrogen-bond acceptors (Lipinski definition) is 4. The van der Waals surface area contributed by atoms with E-state index in [4.69, 9.17) is 4.74 Å². The minimum atomic E-state index is 0.679. The Hall–Kier alpha value is -0.220. The van der Waals surface area contributed by atoms with E-state index in [1.54, 1.807) is 0 Å². The Kier molecular flexibility index (Phi) is 7.69. The van der Waals surface area contributed by atoms with E-state index in [1.165, 1.54) is 12.8 Å². The van der Waals surface area contributed by atoms with E-state index in [-0.39, 0.29) is 0 Å². The van der Waals surface area contributed by atoms with E-state index < -0.39 is 0 Å². The lowest BCUT2D eigenvalue weighted by atomic mass is 10.1. The average molecular weight is 258 g/mol. The fraction of sp³-hybridized carbons (Fsp3) is 0.923. The van der Waals surface area contributed by atoms with Crippen LogP contribution in [-0.2, 0) is 4.74 Å². The molecule has 1 unspecified atom stereocenters. The Balaban J connectivity index is 1.98. The van der Waals surface area contributed by atoms with Crippen LogP contribution in [0.4, 0.5) is 0 Å². The van der Waals surface area contributed by atoms with Gasteiger partial charge in [0.05, 0.1) is 13.2 Å². The summed E-state index contributed by atoms with van der Waals surface area (Å²) in [5, 5.41) is 5.14. The zero-order chi connectivity index (χ0) is 12.5. The van der Waals surface area contributed by atoms with Crippen LogP contribution in [0.1, 0.15) is 40.0 Å². The van der Waals surface area contributed by atoms with Crippen molar-refractivity contribution in [1.29, 1.82) is 0 Å². The topological polar surface area (TPSA) is 33.6 Å². The van der Waals surface area contributed by atoms with E-state index in [0.717, 1.165) is 43.8 Å². The molecule has 17 heavy (non-hydrogen) atoms. The van der Waals surface area contributed by atoms with Crippen molar-refractivity contribution in [3.8, 4) is 0 Å². The Morgan fingerprint density at radius 3 is 3.00 bits per heavy atom. The normalized spacial score (nSPS) is 19.8. The quantitative estimate of drug-likeness (QED) is 0.680. The van der Waals surface area contributed by atoms with Gasteiger partial charge in [0.1, 0.15) is 0 Å². The summed E-state index contributed by atoms with van der Waals surface area (Å²) in [6, 6.07) is 0. The molecular formula is C13H26N2OS. The van der Waals surface area contributed by atoms with Crippen molar-refractivity contribution in [2.45, 2.75) is 45.3 Å². The van der Waals surface area contributed by atoms with E-state index in [2.05, 4.69) is 31.1 Å². The number of hydrogen-bond donors (Lipinski definition) is 1. The molecule has 1 heterocycles. The van der Waals surface area contributed by atoms with Crippen LogP contribution in [0.2, 0.25) is 0 Å². The number of ether oxygens (including phenoxy) is 1. The molecule has 0 bridgehead atoms. The molecule has 3 nitrogen and oxygen atoms in total. The molecule has 1 N–H and O–H groups in total. The highest BCUT2D eigenvalue weighted by atomic mass is 32.2. The molecule has 4 heteroatoms. The third kappa shape index (κ3) is 6.94. The summed E-state index contributed by atoms with van der Waals surface area (Å²) in [4.78, 5) is 4.52. The molecule has 0 aliphatic carbocycles. The molecule has 1 rings (SSSR count). The third-order valence-corrected chi connectivity index (χ3v) is 3.79. The first kappa shape index (κ1) is 14.8. The van der Waals surface area contributed by atoms with Gasteiger partial charge in [0.2, 0.25) is 0 Å². The first-order valence-electron chi connectivity index (χ1n) is 6.75. The van der Waals surface area contributed by atoms with E-state index in [0.29, 0.717) is 5.25 Å². The summed E-state index contributed by atoms with van der Waals surface area (Å²) >= 11 is 1.89. The van der Waals surface area contributed by atoms with Crippen LogP contribution in [0.15, 0.2) is 4.99 Å². The number of nitrogens with one attached hydrogen (secondary N) is 1. The van der Waals surface area contributed by atoms with Crippen molar-refractivity contribution < 1.29 is 4.74 Å².